The zero-order valence-corrected chi connectivity index (χ0v) is 13.5. The molecular formula is C18H18N2O5. The van der Waals surface area contributed by atoms with Crippen LogP contribution in [0.3, 0.4) is 0 Å². The predicted molar refractivity (Wildman–Crippen MR) is 90.3 cm³/mol. The summed E-state index contributed by atoms with van der Waals surface area (Å²) in [5.41, 5.74) is 0.709. The Morgan fingerprint density at radius 2 is 1.72 bits per heavy atom. The van der Waals surface area contributed by atoms with Crippen LogP contribution in [0.15, 0.2) is 54.6 Å². The van der Waals surface area contributed by atoms with Crippen LogP contribution in [0.25, 0.3) is 0 Å². The third-order valence-electron chi connectivity index (χ3n) is 3.95. The number of non-ortho nitro benzene ring substituents is 1. The summed E-state index contributed by atoms with van der Waals surface area (Å²) in [5.74, 6) is 0.258. The first-order chi connectivity index (χ1) is 12.1. The summed E-state index contributed by atoms with van der Waals surface area (Å²) in [6.45, 7) is 2.05. The standard InChI is InChI=1S/C18H18N2O5/c21-18(19-10-12-24-13-11-19)17(14-4-2-1-3-5-14)25-16-8-6-15(7-9-16)20(22)23/h1-9,17H,10-13H2/t17-/m0/s1. The molecule has 0 aromatic heterocycles. The fourth-order valence-electron chi connectivity index (χ4n) is 2.62. The molecule has 2 aromatic rings. The molecule has 1 heterocycles. The van der Waals surface area contributed by atoms with E-state index in [4.69, 9.17) is 9.47 Å². The Labute approximate surface area is 144 Å². The quantitative estimate of drug-likeness (QED) is 0.616. The Hall–Kier alpha value is -2.93. The van der Waals surface area contributed by atoms with Crippen molar-refractivity contribution >= 4 is 11.6 Å². The van der Waals surface area contributed by atoms with Crippen molar-refractivity contribution in [3.05, 3.63) is 70.3 Å². The average molecular weight is 342 g/mol. The summed E-state index contributed by atoms with van der Waals surface area (Å²) in [5, 5.41) is 10.8. The first kappa shape index (κ1) is 16.9. The zero-order chi connectivity index (χ0) is 17.6. The molecule has 0 bridgehead atoms. The minimum Gasteiger partial charge on any atom is -0.476 e. The molecule has 1 amide bonds. The van der Waals surface area contributed by atoms with Gasteiger partial charge >= 0.3 is 0 Å². The number of nitro groups is 1. The van der Waals surface area contributed by atoms with E-state index in [1.54, 1.807) is 4.90 Å². The lowest BCUT2D eigenvalue weighted by atomic mass is 10.1. The summed E-state index contributed by atoms with van der Waals surface area (Å²) in [6.07, 6.45) is -0.805. The van der Waals surface area contributed by atoms with E-state index in [1.807, 2.05) is 30.3 Å². The van der Waals surface area contributed by atoms with Crippen LogP contribution in [-0.2, 0) is 9.53 Å². The van der Waals surface area contributed by atoms with Gasteiger partial charge in [-0.2, -0.15) is 0 Å². The van der Waals surface area contributed by atoms with Gasteiger partial charge < -0.3 is 14.4 Å². The van der Waals surface area contributed by atoms with Crippen molar-refractivity contribution in [2.45, 2.75) is 6.10 Å². The highest BCUT2D eigenvalue weighted by Crippen LogP contribution is 2.26. The maximum absolute atomic E-state index is 12.9. The summed E-state index contributed by atoms with van der Waals surface area (Å²) < 4.78 is 11.2. The summed E-state index contributed by atoms with van der Waals surface area (Å²) >= 11 is 0. The van der Waals surface area contributed by atoms with Crippen molar-refractivity contribution in [3.8, 4) is 5.75 Å². The van der Waals surface area contributed by atoms with Crippen LogP contribution < -0.4 is 4.74 Å². The van der Waals surface area contributed by atoms with Crippen LogP contribution >= 0.6 is 0 Å². The SMILES string of the molecule is O=C([C@@H](Oc1ccc([N+](=O)[O-])cc1)c1ccccc1)N1CCOCC1. The van der Waals surface area contributed by atoms with Crippen LogP contribution in [0.4, 0.5) is 5.69 Å². The van der Waals surface area contributed by atoms with Gasteiger partial charge in [-0.05, 0) is 12.1 Å². The summed E-state index contributed by atoms with van der Waals surface area (Å²) in [4.78, 5) is 24.9. The number of nitro benzene ring substituents is 1. The molecule has 1 aliphatic heterocycles. The number of ether oxygens (including phenoxy) is 2. The lowest BCUT2D eigenvalue weighted by Crippen LogP contribution is -2.44. The number of rotatable bonds is 5. The molecule has 0 N–H and O–H groups in total. The van der Waals surface area contributed by atoms with Gasteiger partial charge in [0.1, 0.15) is 5.75 Å². The van der Waals surface area contributed by atoms with E-state index < -0.39 is 11.0 Å². The molecule has 3 rings (SSSR count). The number of amides is 1. The fourth-order valence-corrected chi connectivity index (χ4v) is 2.62. The maximum atomic E-state index is 12.9. The summed E-state index contributed by atoms with van der Waals surface area (Å²) in [6, 6.07) is 14.9. The van der Waals surface area contributed by atoms with Crippen molar-refractivity contribution < 1.29 is 19.2 Å². The molecule has 2 aromatic carbocycles. The van der Waals surface area contributed by atoms with Gasteiger partial charge in [0.15, 0.2) is 0 Å². The minimum atomic E-state index is -0.805. The van der Waals surface area contributed by atoms with Crippen LogP contribution in [0.2, 0.25) is 0 Å². The first-order valence-corrected chi connectivity index (χ1v) is 7.98. The van der Waals surface area contributed by atoms with Crippen molar-refractivity contribution in [1.82, 2.24) is 4.90 Å². The van der Waals surface area contributed by atoms with Crippen LogP contribution in [0.5, 0.6) is 5.75 Å². The molecule has 0 unspecified atom stereocenters. The molecule has 1 aliphatic rings. The number of carbonyl (C=O) groups excluding carboxylic acids is 1. The molecular weight excluding hydrogens is 324 g/mol. The molecule has 7 nitrogen and oxygen atoms in total. The van der Waals surface area contributed by atoms with Crippen molar-refractivity contribution in [1.29, 1.82) is 0 Å². The van der Waals surface area contributed by atoms with E-state index in [9.17, 15) is 14.9 Å². The van der Waals surface area contributed by atoms with Crippen molar-refractivity contribution in [2.24, 2.45) is 0 Å². The second kappa shape index (κ2) is 7.76. The van der Waals surface area contributed by atoms with Gasteiger partial charge in [0.2, 0.25) is 6.10 Å². The zero-order valence-electron chi connectivity index (χ0n) is 13.5. The number of carbonyl (C=O) groups is 1. The largest absolute Gasteiger partial charge is 0.476 e. The fraction of sp³-hybridized carbons (Fsp3) is 0.278. The molecule has 0 spiro atoms. The molecule has 130 valence electrons. The smallest absolute Gasteiger partial charge is 0.269 e. The van der Waals surface area contributed by atoms with Crippen molar-refractivity contribution in [3.63, 3.8) is 0 Å². The highest BCUT2D eigenvalue weighted by Gasteiger charge is 2.29. The molecule has 1 saturated heterocycles. The van der Waals surface area contributed by atoms with Gasteiger partial charge in [-0.15, -0.1) is 0 Å². The molecule has 1 atom stereocenters. The van der Waals surface area contributed by atoms with E-state index in [1.165, 1.54) is 24.3 Å². The van der Waals surface area contributed by atoms with Crippen LogP contribution in [0, 0.1) is 10.1 Å². The predicted octanol–water partition coefficient (Wildman–Crippen LogP) is 2.57. The highest BCUT2D eigenvalue weighted by atomic mass is 16.6. The van der Waals surface area contributed by atoms with E-state index in [0.717, 1.165) is 5.56 Å². The molecule has 0 radical (unpaired) electrons. The van der Waals surface area contributed by atoms with Gasteiger partial charge in [0.05, 0.1) is 18.1 Å². The number of benzene rings is 2. The maximum Gasteiger partial charge on any atom is 0.269 e. The Morgan fingerprint density at radius 3 is 2.32 bits per heavy atom. The van der Waals surface area contributed by atoms with E-state index >= 15 is 0 Å². The molecule has 25 heavy (non-hydrogen) atoms. The van der Waals surface area contributed by atoms with Gasteiger partial charge in [0.25, 0.3) is 11.6 Å². The minimum absolute atomic E-state index is 0.0249. The van der Waals surface area contributed by atoms with E-state index in [2.05, 4.69) is 0 Å². The first-order valence-electron chi connectivity index (χ1n) is 7.98. The molecule has 1 fully saturated rings. The molecule has 0 saturated carbocycles. The number of hydrogen-bond acceptors (Lipinski definition) is 5. The van der Waals surface area contributed by atoms with Crippen LogP contribution in [0.1, 0.15) is 11.7 Å². The monoisotopic (exact) mass is 342 g/mol. The summed E-state index contributed by atoms with van der Waals surface area (Å²) in [7, 11) is 0. The molecule has 0 aliphatic carbocycles. The second-order valence-electron chi connectivity index (χ2n) is 5.60. The topological polar surface area (TPSA) is 81.9 Å². The average Bonchev–Trinajstić information content (AvgIpc) is 2.67. The Kier molecular flexibility index (Phi) is 5.25. The Bertz CT molecular complexity index is 727. The second-order valence-corrected chi connectivity index (χ2v) is 5.60. The Balaban J connectivity index is 1.83. The number of hydrogen-bond donors (Lipinski definition) is 0. The van der Waals surface area contributed by atoms with Gasteiger partial charge in [-0.1, -0.05) is 30.3 Å². The third-order valence-corrected chi connectivity index (χ3v) is 3.95. The van der Waals surface area contributed by atoms with Crippen LogP contribution in [-0.4, -0.2) is 42.0 Å². The highest BCUT2D eigenvalue weighted by molar-refractivity contribution is 5.82. The van der Waals surface area contributed by atoms with E-state index in [0.29, 0.717) is 32.1 Å². The lowest BCUT2D eigenvalue weighted by molar-refractivity contribution is -0.384. The van der Waals surface area contributed by atoms with Gasteiger partial charge in [-0.25, -0.2) is 0 Å². The normalized spacial score (nSPS) is 15.4. The van der Waals surface area contributed by atoms with Gasteiger partial charge in [0, 0.05) is 30.8 Å². The lowest BCUT2D eigenvalue weighted by Gasteiger charge is -2.30. The third kappa shape index (κ3) is 4.13. The Morgan fingerprint density at radius 1 is 1.08 bits per heavy atom. The number of morpholine rings is 1. The molecule has 7 heteroatoms. The van der Waals surface area contributed by atoms with Crippen molar-refractivity contribution in [2.75, 3.05) is 26.3 Å². The van der Waals surface area contributed by atoms with Gasteiger partial charge in [-0.3, -0.25) is 14.9 Å². The van der Waals surface area contributed by atoms with E-state index in [-0.39, 0.29) is 11.6 Å². The number of nitrogens with zero attached hydrogens (tertiary/aromatic N) is 2.